The van der Waals surface area contributed by atoms with Crippen LogP contribution in [0.15, 0.2) is 0 Å². The van der Waals surface area contributed by atoms with E-state index in [1.807, 2.05) is 0 Å². The van der Waals surface area contributed by atoms with E-state index in [0.29, 0.717) is 25.9 Å². The molecule has 1 aliphatic rings. The Balaban J connectivity index is 2.50. The van der Waals surface area contributed by atoms with E-state index < -0.39 is 36.5 Å². The summed E-state index contributed by atoms with van der Waals surface area (Å²) in [5.74, 6) is -2.53. The second-order valence-electron chi connectivity index (χ2n) is 5.00. The first-order valence-corrected chi connectivity index (χ1v) is 6.49. The van der Waals surface area contributed by atoms with Crippen molar-refractivity contribution in [1.29, 1.82) is 0 Å². The summed E-state index contributed by atoms with van der Waals surface area (Å²) < 4.78 is 0. The van der Waals surface area contributed by atoms with Gasteiger partial charge in [0.05, 0.1) is 12.5 Å². The smallest absolute Gasteiger partial charge is 0.326 e. The zero-order valence-electron chi connectivity index (χ0n) is 11.3. The van der Waals surface area contributed by atoms with E-state index >= 15 is 0 Å². The molecule has 8 nitrogen and oxygen atoms in total. The summed E-state index contributed by atoms with van der Waals surface area (Å²) in [5, 5.41) is 29.1. The predicted octanol–water partition coefficient (Wildman–Crippen LogP) is -0.283. The van der Waals surface area contributed by atoms with Crippen molar-refractivity contribution in [3.63, 3.8) is 0 Å². The third-order valence-electron chi connectivity index (χ3n) is 3.48. The van der Waals surface area contributed by atoms with Crippen LogP contribution in [0.2, 0.25) is 0 Å². The van der Waals surface area contributed by atoms with Crippen molar-refractivity contribution in [3.8, 4) is 0 Å². The highest BCUT2D eigenvalue weighted by molar-refractivity contribution is 5.86. The van der Waals surface area contributed by atoms with Crippen LogP contribution in [0.25, 0.3) is 0 Å². The number of carbonyl (C=O) groups is 3. The fourth-order valence-electron chi connectivity index (χ4n) is 2.20. The summed E-state index contributed by atoms with van der Waals surface area (Å²) in [6.07, 6.45) is 0.188. The van der Waals surface area contributed by atoms with Crippen LogP contribution in [0, 0.1) is 5.92 Å². The summed E-state index contributed by atoms with van der Waals surface area (Å²) in [6, 6.07) is -2.02. The van der Waals surface area contributed by atoms with Crippen molar-refractivity contribution in [1.82, 2.24) is 10.2 Å². The molecule has 2 amide bonds. The lowest BCUT2D eigenvalue weighted by Crippen LogP contribution is -2.51. The van der Waals surface area contributed by atoms with E-state index in [4.69, 9.17) is 10.2 Å². The fourth-order valence-corrected chi connectivity index (χ4v) is 2.20. The number of rotatable bonds is 5. The molecule has 0 aliphatic carbocycles. The van der Waals surface area contributed by atoms with Gasteiger partial charge in [0, 0.05) is 13.1 Å². The lowest BCUT2D eigenvalue weighted by Gasteiger charge is -2.33. The number of hydrogen-bond donors (Lipinski definition) is 4. The highest BCUT2D eigenvalue weighted by atomic mass is 16.4. The van der Waals surface area contributed by atoms with Crippen molar-refractivity contribution >= 4 is 18.0 Å². The molecule has 1 rings (SSSR count). The van der Waals surface area contributed by atoms with Crippen LogP contribution in [0.3, 0.4) is 0 Å². The van der Waals surface area contributed by atoms with Gasteiger partial charge in [-0.05, 0) is 25.7 Å². The maximum atomic E-state index is 11.9. The third kappa shape index (κ3) is 4.69. The molecule has 0 aromatic heterocycles. The number of aliphatic carboxylic acids is 2. The Labute approximate surface area is 116 Å². The van der Waals surface area contributed by atoms with Gasteiger partial charge in [-0.3, -0.25) is 4.79 Å². The molecule has 114 valence electrons. The molecule has 1 saturated heterocycles. The average molecular weight is 288 g/mol. The van der Waals surface area contributed by atoms with Crippen LogP contribution in [-0.4, -0.2) is 63.4 Å². The molecule has 1 aliphatic heterocycles. The second-order valence-corrected chi connectivity index (χ2v) is 5.00. The van der Waals surface area contributed by atoms with Gasteiger partial charge in [0.15, 0.2) is 0 Å². The Bertz CT molecular complexity index is 376. The molecular weight excluding hydrogens is 268 g/mol. The normalized spacial score (nSPS) is 19.2. The van der Waals surface area contributed by atoms with Gasteiger partial charge in [0.1, 0.15) is 6.04 Å². The number of urea groups is 1. The van der Waals surface area contributed by atoms with Crippen molar-refractivity contribution in [2.75, 3.05) is 13.1 Å². The monoisotopic (exact) mass is 288 g/mol. The fraction of sp³-hybridized carbons (Fsp3) is 0.750. The van der Waals surface area contributed by atoms with Crippen LogP contribution in [0.4, 0.5) is 4.79 Å². The Morgan fingerprint density at radius 2 is 1.80 bits per heavy atom. The number of hydrogen-bond acceptors (Lipinski definition) is 4. The molecule has 0 radical (unpaired) electrons. The highest BCUT2D eigenvalue weighted by Gasteiger charge is 2.29. The first kappa shape index (κ1) is 16.2. The lowest BCUT2D eigenvalue weighted by atomic mass is 9.92. The molecule has 8 heteroatoms. The van der Waals surface area contributed by atoms with Crippen molar-refractivity contribution in [2.45, 2.75) is 38.3 Å². The molecular formula is C12H20N2O6. The maximum Gasteiger partial charge on any atom is 0.326 e. The molecule has 0 aromatic carbocycles. The van der Waals surface area contributed by atoms with E-state index in [1.165, 1.54) is 4.90 Å². The quantitative estimate of drug-likeness (QED) is 0.551. The number of aliphatic hydroxyl groups is 1. The van der Waals surface area contributed by atoms with Gasteiger partial charge in [-0.15, -0.1) is 0 Å². The van der Waals surface area contributed by atoms with E-state index in [1.54, 1.807) is 6.92 Å². The molecule has 1 unspecified atom stereocenters. The number of likely N-dealkylation sites (tertiary alicyclic amines) is 1. The minimum Gasteiger partial charge on any atom is -0.481 e. The van der Waals surface area contributed by atoms with Crippen LogP contribution in [0.1, 0.15) is 26.2 Å². The minimum atomic E-state index is -1.44. The molecule has 1 fully saturated rings. The van der Waals surface area contributed by atoms with Gasteiger partial charge >= 0.3 is 18.0 Å². The van der Waals surface area contributed by atoms with Crippen LogP contribution >= 0.6 is 0 Å². The number of amides is 2. The topological polar surface area (TPSA) is 127 Å². The van der Waals surface area contributed by atoms with Gasteiger partial charge in [-0.25, -0.2) is 9.59 Å². The molecule has 2 atom stereocenters. The van der Waals surface area contributed by atoms with Crippen molar-refractivity contribution in [2.24, 2.45) is 5.92 Å². The number of nitrogens with zero attached hydrogens (tertiary/aromatic N) is 1. The molecule has 0 spiro atoms. The van der Waals surface area contributed by atoms with Crippen LogP contribution in [0.5, 0.6) is 0 Å². The summed E-state index contributed by atoms with van der Waals surface area (Å²) >= 11 is 0. The largest absolute Gasteiger partial charge is 0.481 e. The van der Waals surface area contributed by atoms with Crippen molar-refractivity contribution in [3.05, 3.63) is 0 Å². The molecule has 1 heterocycles. The van der Waals surface area contributed by atoms with E-state index in [2.05, 4.69) is 5.32 Å². The van der Waals surface area contributed by atoms with E-state index in [9.17, 15) is 19.5 Å². The van der Waals surface area contributed by atoms with Gasteiger partial charge in [0.2, 0.25) is 0 Å². The summed E-state index contributed by atoms with van der Waals surface area (Å²) in [4.78, 5) is 34.7. The number of aliphatic hydroxyl groups excluding tert-OH is 1. The van der Waals surface area contributed by atoms with Crippen molar-refractivity contribution < 1.29 is 29.7 Å². The van der Waals surface area contributed by atoms with Gasteiger partial charge in [-0.1, -0.05) is 0 Å². The van der Waals surface area contributed by atoms with E-state index in [-0.39, 0.29) is 5.92 Å². The zero-order chi connectivity index (χ0) is 15.3. The standard InChI is InChI=1S/C12H20N2O6/c1-7(15)8-2-4-14(5-3-8)12(20)13-9(11(18)19)6-10(16)17/h7-9,15H,2-6H2,1H3,(H,13,20)(H,16,17)(H,18,19)/t7?,9-/m1/s1. The predicted molar refractivity (Wildman–Crippen MR) is 68.2 cm³/mol. The summed E-state index contributed by atoms with van der Waals surface area (Å²) in [6.45, 7) is 2.54. The van der Waals surface area contributed by atoms with Gasteiger partial charge in [0.25, 0.3) is 0 Å². The number of carbonyl (C=O) groups excluding carboxylic acids is 1. The Morgan fingerprint density at radius 1 is 1.25 bits per heavy atom. The number of carboxylic acid groups (broad SMARTS) is 2. The maximum absolute atomic E-state index is 11.9. The molecule has 0 saturated carbocycles. The van der Waals surface area contributed by atoms with Gasteiger partial charge < -0.3 is 25.5 Å². The minimum absolute atomic E-state index is 0.133. The first-order valence-electron chi connectivity index (χ1n) is 6.49. The molecule has 20 heavy (non-hydrogen) atoms. The first-order chi connectivity index (χ1) is 9.31. The highest BCUT2D eigenvalue weighted by Crippen LogP contribution is 2.20. The average Bonchev–Trinajstić information content (AvgIpc) is 2.37. The molecule has 0 bridgehead atoms. The Hall–Kier alpha value is -1.83. The third-order valence-corrected chi connectivity index (χ3v) is 3.48. The zero-order valence-corrected chi connectivity index (χ0v) is 11.3. The van der Waals surface area contributed by atoms with Crippen LogP contribution < -0.4 is 5.32 Å². The lowest BCUT2D eigenvalue weighted by molar-refractivity contribution is -0.145. The second kappa shape index (κ2) is 7.09. The SMILES string of the molecule is CC(O)C1CCN(C(=O)N[C@H](CC(=O)O)C(=O)O)CC1. The summed E-state index contributed by atoms with van der Waals surface area (Å²) in [5.41, 5.74) is 0. The number of carboxylic acids is 2. The molecule has 0 aromatic rings. The van der Waals surface area contributed by atoms with E-state index in [0.717, 1.165) is 0 Å². The number of piperidine rings is 1. The summed E-state index contributed by atoms with van der Waals surface area (Å²) in [7, 11) is 0. The Kier molecular flexibility index (Phi) is 5.75. The number of nitrogens with one attached hydrogen (secondary N) is 1. The Morgan fingerprint density at radius 3 is 2.20 bits per heavy atom. The molecule has 4 N–H and O–H groups in total. The van der Waals surface area contributed by atoms with Gasteiger partial charge in [-0.2, -0.15) is 0 Å². The van der Waals surface area contributed by atoms with Crippen LogP contribution in [-0.2, 0) is 9.59 Å².